The highest BCUT2D eigenvalue weighted by molar-refractivity contribution is 6.31. The number of hydrogen-bond acceptors (Lipinski definition) is 3. The van der Waals surface area contributed by atoms with Crippen molar-refractivity contribution >= 4 is 17.4 Å². The molecule has 0 radical (unpaired) electrons. The van der Waals surface area contributed by atoms with Crippen molar-refractivity contribution in [3.63, 3.8) is 0 Å². The number of nitrogens with zero attached hydrogens (tertiary/aromatic N) is 2. The number of halogens is 4. The normalized spacial score (nSPS) is 13.6. The average molecular weight is 268 g/mol. The fourth-order valence-corrected chi connectivity index (χ4v) is 1.52. The van der Waals surface area contributed by atoms with Gasteiger partial charge in [-0.2, -0.15) is 13.2 Å². The summed E-state index contributed by atoms with van der Waals surface area (Å²) in [6.45, 7) is 4.87. The summed E-state index contributed by atoms with van der Waals surface area (Å²) in [4.78, 5) is 8.05. The van der Waals surface area contributed by atoms with E-state index in [0.717, 1.165) is 0 Å². The monoisotopic (exact) mass is 267 g/mol. The van der Waals surface area contributed by atoms with Crippen LogP contribution in [0.1, 0.15) is 24.7 Å². The Morgan fingerprint density at radius 3 is 2.29 bits per heavy atom. The lowest BCUT2D eigenvalue weighted by Crippen LogP contribution is -2.24. The minimum Gasteiger partial charge on any atom is -0.365 e. The molecule has 96 valence electrons. The van der Waals surface area contributed by atoms with Gasteiger partial charge < -0.3 is 5.32 Å². The lowest BCUT2D eigenvalue weighted by molar-refractivity contribution is -0.136. The maximum atomic E-state index is 12.1. The van der Waals surface area contributed by atoms with Crippen LogP contribution in [0.4, 0.5) is 19.0 Å². The molecule has 1 N–H and O–H groups in total. The number of aromatic nitrogens is 2. The number of rotatable bonds is 3. The summed E-state index contributed by atoms with van der Waals surface area (Å²) in [5.41, 5.74) is 1.29. The number of alkyl halides is 3. The van der Waals surface area contributed by atoms with Gasteiger partial charge in [0.25, 0.3) is 0 Å². The Morgan fingerprint density at radius 2 is 1.76 bits per heavy atom. The predicted octanol–water partition coefficient (Wildman–Crippen LogP) is 3.50. The highest BCUT2D eigenvalue weighted by Gasteiger charge is 2.30. The Balaban J connectivity index is 2.78. The number of hydrogen-bond donors (Lipinski definition) is 1. The van der Waals surface area contributed by atoms with E-state index in [9.17, 15) is 13.2 Å². The molecule has 0 saturated heterocycles. The molecule has 0 aliphatic heterocycles. The van der Waals surface area contributed by atoms with Gasteiger partial charge in [-0.3, -0.25) is 0 Å². The van der Waals surface area contributed by atoms with Gasteiger partial charge in [0.05, 0.1) is 17.8 Å². The lowest BCUT2D eigenvalue weighted by Gasteiger charge is -2.17. The van der Waals surface area contributed by atoms with Gasteiger partial charge >= 0.3 is 6.18 Å². The third-order valence-corrected chi connectivity index (χ3v) is 2.45. The molecule has 1 atom stereocenters. The first-order valence-corrected chi connectivity index (χ1v) is 5.41. The van der Waals surface area contributed by atoms with Crippen LogP contribution in [0.25, 0.3) is 0 Å². The van der Waals surface area contributed by atoms with Crippen molar-refractivity contribution in [1.82, 2.24) is 9.97 Å². The van der Waals surface area contributed by atoms with Crippen molar-refractivity contribution in [3.05, 3.63) is 16.5 Å². The molecule has 0 saturated carbocycles. The maximum Gasteiger partial charge on any atom is 0.391 e. The van der Waals surface area contributed by atoms with Crippen molar-refractivity contribution in [1.29, 1.82) is 0 Å². The first-order valence-electron chi connectivity index (χ1n) is 5.03. The van der Waals surface area contributed by atoms with E-state index in [-0.39, 0.29) is 11.0 Å². The topological polar surface area (TPSA) is 37.8 Å². The molecule has 7 heteroatoms. The Bertz CT molecular complexity index is 407. The van der Waals surface area contributed by atoms with Gasteiger partial charge in [0.15, 0.2) is 11.0 Å². The second-order valence-electron chi connectivity index (χ2n) is 3.90. The van der Waals surface area contributed by atoms with E-state index in [4.69, 9.17) is 11.6 Å². The smallest absolute Gasteiger partial charge is 0.365 e. The predicted molar refractivity (Wildman–Crippen MR) is 60.3 cm³/mol. The summed E-state index contributed by atoms with van der Waals surface area (Å²) >= 11 is 5.80. The number of nitrogens with one attached hydrogen (secondary N) is 1. The molecule has 0 amide bonds. The van der Waals surface area contributed by atoms with E-state index in [1.54, 1.807) is 13.8 Å². The van der Waals surface area contributed by atoms with Crippen molar-refractivity contribution in [3.8, 4) is 0 Å². The second kappa shape index (κ2) is 5.08. The van der Waals surface area contributed by atoms with Crippen LogP contribution in [0.3, 0.4) is 0 Å². The van der Waals surface area contributed by atoms with Gasteiger partial charge in [0.2, 0.25) is 0 Å². The molecular formula is C10H13ClF3N3. The zero-order valence-electron chi connectivity index (χ0n) is 9.69. The summed E-state index contributed by atoms with van der Waals surface area (Å²) in [6.07, 6.45) is -5.16. The Morgan fingerprint density at radius 1 is 1.24 bits per heavy atom. The van der Waals surface area contributed by atoms with Crippen molar-refractivity contribution in [2.45, 2.75) is 39.4 Å². The van der Waals surface area contributed by atoms with Crippen LogP contribution < -0.4 is 5.32 Å². The Hall–Kier alpha value is -1.04. The molecule has 17 heavy (non-hydrogen) atoms. The Kier molecular flexibility index (Phi) is 4.19. The zero-order chi connectivity index (χ0) is 13.2. The molecule has 1 aromatic rings. The molecule has 0 aliphatic carbocycles. The highest BCUT2D eigenvalue weighted by Crippen LogP contribution is 2.25. The number of anilines is 1. The van der Waals surface area contributed by atoms with E-state index < -0.39 is 18.6 Å². The van der Waals surface area contributed by atoms with Crippen LogP contribution in [-0.4, -0.2) is 22.2 Å². The maximum absolute atomic E-state index is 12.1. The van der Waals surface area contributed by atoms with E-state index in [2.05, 4.69) is 15.3 Å². The molecule has 1 rings (SSSR count). The minimum absolute atomic E-state index is 0.0853. The molecule has 0 spiro atoms. The van der Waals surface area contributed by atoms with Crippen LogP contribution >= 0.6 is 11.6 Å². The summed E-state index contributed by atoms with van der Waals surface area (Å²) in [5.74, 6) is 0.187. The summed E-state index contributed by atoms with van der Waals surface area (Å²) < 4.78 is 36.4. The molecule has 1 aromatic heterocycles. The largest absolute Gasteiger partial charge is 0.391 e. The van der Waals surface area contributed by atoms with Crippen LogP contribution in [0.2, 0.25) is 5.15 Å². The minimum atomic E-state index is -4.22. The molecular weight excluding hydrogens is 255 g/mol. The van der Waals surface area contributed by atoms with E-state index in [1.165, 1.54) is 6.92 Å². The van der Waals surface area contributed by atoms with Gasteiger partial charge in [-0.25, -0.2) is 9.97 Å². The number of aryl methyl sites for hydroxylation is 2. The summed E-state index contributed by atoms with van der Waals surface area (Å²) in [7, 11) is 0. The molecule has 0 bridgehead atoms. The first kappa shape index (κ1) is 14.0. The molecule has 0 aromatic carbocycles. The second-order valence-corrected chi connectivity index (χ2v) is 4.26. The van der Waals surface area contributed by atoms with Gasteiger partial charge in [-0.05, 0) is 20.8 Å². The van der Waals surface area contributed by atoms with Gasteiger partial charge in [0, 0.05) is 6.04 Å². The molecule has 0 fully saturated rings. The van der Waals surface area contributed by atoms with Crippen LogP contribution in [0, 0.1) is 13.8 Å². The fourth-order valence-electron chi connectivity index (χ4n) is 1.30. The van der Waals surface area contributed by atoms with Crippen LogP contribution in [-0.2, 0) is 0 Å². The molecule has 0 aliphatic rings. The van der Waals surface area contributed by atoms with Gasteiger partial charge in [-0.15, -0.1) is 0 Å². The third kappa shape index (κ3) is 4.38. The summed E-state index contributed by atoms with van der Waals surface area (Å²) in [6, 6.07) is -0.802. The van der Waals surface area contributed by atoms with Gasteiger partial charge in [0.1, 0.15) is 0 Å². The van der Waals surface area contributed by atoms with E-state index in [1.807, 2.05) is 0 Å². The first-order chi connectivity index (χ1) is 7.69. The van der Waals surface area contributed by atoms with Crippen molar-refractivity contribution < 1.29 is 13.2 Å². The van der Waals surface area contributed by atoms with Crippen molar-refractivity contribution in [2.75, 3.05) is 5.32 Å². The van der Waals surface area contributed by atoms with Crippen LogP contribution in [0.15, 0.2) is 0 Å². The van der Waals surface area contributed by atoms with Crippen molar-refractivity contribution in [2.24, 2.45) is 0 Å². The molecule has 1 heterocycles. The standard InChI is InChI=1S/C10H13ClF3N3/c1-5(4-10(12,13)14)15-9-8(11)16-6(2)7(3)17-9/h5H,4H2,1-3H3,(H,15,17). The highest BCUT2D eigenvalue weighted by atomic mass is 35.5. The SMILES string of the molecule is Cc1nc(Cl)c(NC(C)CC(F)(F)F)nc1C. The summed E-state index contributed by atoms with van der Waals surface area (Å²) in [5, 5.41) is 2.69. The fraction of sp³-hybridized carbons (Fsp3) is 0.600. The van der Waals surface area contributed by atoms with Gasteiger partial charge in [-0.1, -0.05) is 11.6 Å². The van der Waals surface area contributed by atoms with E-state index in [0.29, 0.717) is 11.4 Å². The molecule has 1 unspecified atom stereocenters. The molecule has 3 nitrogen and oxygen atoms in total. The Labute approximate surface area is 102 Å². The zero-order valence-corrected chi connectivity index (χ0v) is 10.4. The average Bonchev–Trinajstić information content (AvgIpc) is 2.11. The quantitative estimate of drug-likeness (QED) is 0.911. The third-order valence-electron chi connectivity index (χ3n) is 2.19. The van der Waals surface area contributed by atoms with Crippen LogP contribution in [0.5, 0.6) is 0 Å². The van der Waals surface area contributed by atoms with E-state index >= 15 is 0 Å². The lowest BCUT2D eigenvalue weighted by atomic mass is 10.2.